The van der Waals surface area contributed by atoms with Crippen LogP contribution in [0.3, 0.4) is 0 Å². The van der Waals surface area contributed by atoms with Crippen LogP contribution in [0, 0.1) is 34.1 Å². The number of benzene rings is 2. The quantitative estimate of drug-likeness (QED) is 0.410. The Kier molecular flexibility index (Phi) is 6.33. The summed E-state index contributed by atoms with van der Waals surface area (Å²) in [6, 6.07) is 9.44. The molecule has 3 aromatic rings. The molecular formula is C20H19N5O7. The topological polar surface area (TPSA) is 152 Å². The monoisotopic (exact) mass is 441 g/mol. The van der Waals surface area contributed by atoms with Crippen molar-refractivity contribution in [1.82, 2.24) is 9.78 Å². The summed E-state index contributed by atoms with van der Waals surface area (Å²) in [6.45, 7) is 3.35. The number of non-ortho nitro benzene ring substituents is 1. The van der Waals surface area contributed by atoms with Crippen LogP contribution >= 0.6 is 0 Å². The van der Waals surface area contributed by atoms with Gasteiger partial charge in [-0.25, -0.2) is 0 Å². The average Bonchev–Trinajstić information content (AvgIpc) is 3.13. The molecule has 1 aromatic heterocycles. The zero-order valence-corrected chi connectivity index (χ0v) is 17.4. The highest BCUT2D eigenvalue weighted by atomic mass is 16.6. The Labute approximate surface area is 181 Å². The zero-order valence-electron chi connectivity index (χ0n) is 17.4. The Morgan fingerprint density at radius 2 is 1.88 bits per heavy atom. The lowest BCUT2D eigenvalue weighted by atomic mass is 10.1. The van der Waals surface area contributed by atoms with E-state index < -0.39 is 15.8 Å². The maximum Gasteiger partial charge on any atom is 0.350 e. The molecule has 12 nitrogen and oxygen atoms in total. The van der Waals surface area contributed by atoms with Crippen molar-refractivity contribution in [2.45, 2.75) is 20.4 Å². The van der Waals surface area contributed by atoms with Crippen molar-refractivity contribution < 1.29 is 24.1 Å². The Bertz CT molecular complexity index is 1210. The summed E-state index contributed by atoms with van der Waals surface area (Å²) in [5.74, 6) is -0.149. The molecule has 0 saturated carbocycles. The number of nitrogens with zero attached hydrogens (tertiary/aromatic N) is 4. The highest BCUT2D eigenvalue weighted by Gasteiger charge is 2.21. The van der Waals surface area contributed by atoms with E-state index in [0.29, 0.717) is 5.75 Å². The van der Waals surface area contributed by atoms with Gasteiger partial charge in [-0.3, -0.25) is 29.7 Å². The number of carbonyl (C=O) groups excluding carboxylic acids is 1. The minimum atomic E-state index is -0.683. The van der Waals surface area contributed by atoms with Crippen molar-refractivity contribution in [2.24, 2.45) is 0 Å². The first kappa shape index (κ1) is 22.2. The fourth-order valence-electron chi connectivity index (χ4n) is 2.86. The smallest absolute Gasteiger partial charge is 0.350 e. The Balaban J connectivity index is 1.82. The van der Waals surface area contributed by atoms with Crippen molar-refractivity contribution in [3.05, 3.63) is 74.0 Å². The molecule has 0 spiro atoms. The summed E-state index contributed by atoms with van der Waals surface area (Å²) in [5.41, 5.74) is 1.24. The van der Waals surface area contributed by atoms with Crippen molar-refractivity contribution in [3.63, 3.8) is 0 Å². The third kappa shape index (κ3) is 5.16. The first-order chi connectivity index (χ1) is 15.2. The molecule has 0 aliphatic carbocycles. The molecule has 166 valence electrons. The summed E-state index contributed by atoms with van der Waals surface area (Å²) in [6.07, 6.45) is 1.06. The lowest BCUT2D eigenvalue weighted by Crippen LogP contribution is -2.19. The second kappa shape index (κ2) is 9.12. The van der Waals surface area contributed by atoms with Gasteiger partial charge in [-0.1, -0.05) is 12.1 Å². The van der Waals surface area contributed by atoms with Gasteiger partial charge < -0.3 is 14.8 Å². The van der Waals surface area contributed by atoms with Crippen LogP contribution in [0.2, 0.25) is 0 Å². The number of rotatable bonds is 8. The van der Waals surface area contributed by atoms with Gasteiger partial charge in [0.15, 0.2) is 0 Å². The van der Waals surface area contributed by atoms with Crippen LogP contribution in [0.25, 0.3) is 0 Å². The highest BCUT2D eigenvalue weighted by Crippen LogP contribution is 2.32. The highest BCUT2D eigenvalue weighted by molar-refractivity contribution is 5.91. The number of ether oxygens (including phenoxy) is 2. The molecule has 0 aliphatic heterocycles. The summed E-state index contributed by atoms with van der Waals surface area (Å²) in [5, 5.41) is 28.7. The van der Waals surface area contributed by atoms with E-state index in [4.69, 9.17) is 9.47 Å². The van der Waals surface area contributed by atoms with Crippen molar-refractivity contribution in [2.75, 3.05) is 12.4 Å². The van der Waals surface area contributed by atoms with Gasteiger partial charge in [0.2, 0.25) is 5.91 Å². The molecule has 1 heterocycles. The normalized spacial score (nSPS) is 10.5. The zero-order chi connectivity index (χ0) is 23.4. The minimum absolute atomic E-state index is 0.123. The Hall–Kier alpha value is -4.48. The molecule has 0 bridgehead atoms. The van der Waals surface area contributed by atoms with Crippen molar-refractivity contribution in [1.29, 1.82) is 0 Å². The van der Waals surface area contributed by atoms with E-state index in [1.165, 1.54) is 25.3 Å². The number of aromatic nitrogens is 2. The first-order valence-electron chi connectivity index (χ1n) is 9.26. The van der Waals surface area contributed by atoms with E-state index in [-0.39, 0.29) is 35.2 Å². The van der Waals surface area contributed by atoms with Crippen LogP contribution in [-0.2, 0) is 11.3 Å². The molecule has 3 rings (SSSR count). The molecule has 12 heteroatoms. The molecule has 0 atom stereocenters. The minimum Gasteiger partial charge on any atom is -0.475 e. The first-order valence-corrected chi connectivity index (χ1v) is 9.26. The second-order valence-electron chi connectivity index (χ2n) is 6.87. The predicted molar refractivity (Wildman–Crippen MR) is 113 cm³/mol. The molecule has 0 saturated heterocycles. The number of nitrogens with one attached hydrogen (secondary N) is 1. The molecule has 32 heavy (non-hydrogen) atoms. The predicted octanol–water partition coefficient (Wildman–Crippen LogP) is 3.76. The molecule has 0 fully saturated rings. The van der Waals surface area contributed by atoms with Gasteiger partial charge in [-0.05, 0) is 31.0 Å². The van der Waals surface area contributed by atoms with Gasteiger partial charge >= 0.3 is 11.6 Å². The number of carbonyl (C=O) groups is 1. The number of hydrogen-bond acceptors (Lipinski definition) is 8. The van der Waals surface area contributed by atoms with Crippen LogP contribution in [-0.4, -0.2) is 32.6 Å². The third-order valence-electron chi connectivity index (χ3n) is 4.36. The number of hydrogen-bond donors (Lipinski definition) is 1. The van der Waals surface area contributed by atoms with E-state index in [0.717, 1.165) is 22.0 Å². The van der Waals surface area contributed by atoms with Gasteiger partial charge in [-0.2, -0.15) is 0 Å². The van der Waals surface area contributed by atoms with Crippen LogP contribution in [0.1, 0.15) is 11.1 Å². The van der Waals surface area contributed by atoms with E-state index in [1.54, 1.807) is 6.07 Å². The van der Waals surface area contributed by atoms with Gasteiger partial charge in [0.25, 0.3) is 5.69 Å². The lowest BCUT2D eigenvalue weighted by molar-refractivity contribution is -0.385. The Morgan fingerprint density at radius 3 is 2.50 bits per heavy atom. The lowest BCUT2D eigenvalue weighted by Gasteiger charge is -2.12. The molecule has 1 amide bonds. The van der Waals surface area contributed by atoms with Gasteiger partial charge in [0, 0.05) is 12.1 Å². The molecule has 0 unspecified atom stereocenters. The van der Waals surface area contributed by atoms with Gasteiger partial charge in [0.1, 0.15) is 24.2 Å². The second-order valence-corrected chi connectivity index (χ2v) is 6.87. The molecule has 0 aliphatic rings. The van der Waals surface area contributed by atoms with Gasteiger partial charge in [-0.15, -0.1) is 5.10 Å². The third-order valence-corrected chi connectivity index (χ3v) is 4.36. The molecule has 1 N–H and O–H groups in total. The number of nitro groups is 2. The number of methoxy groups -OCH3 is 1. The maximum absolute atomic E-state index is 12.4. The van der Waals surface area contributed by atoms with Crippen LogP contribution in [0.4, 0.5) is 17.1 Å². The summed E-state index contributed by atoms with van der Waals surface area (Å²) in [7, 11) is 1.22. The van der Waals surface area contributed by atoms with Crippen LogP contribution in [0.5, 0.6) is 17.4 Å². The largest absolute Gasteiger partial charge is 0.475 e. The Morgan fingerprint density at radius 1 is 1.12 bits per heavy atom. The summed E-state index contributed by atoms with van der Waals surface area (Å²) >= 11 is 0. The standard InChI is InChI=1S/C20H19N5O7/c1-12-4-5-13(2)18(6-12)32-16-8-14(7-15(9-16)24(27)28)21-19(26)11-23-10-17(25(29)30)20(22-23)31-3/h4-10H,11H2,1-3H3,(H,21,26). The SMILES string of the molecule is COc1nn(CC(=O)Nc2cc(Oc3cc(C)ccc3C)cc([N+](=O)[O-])c2)cc1[N+](=O)[O-]. The summed E-state index contributed by atoms with van der Waals surface area (Å²) in [4.78, 5) is 33.5. The number of anilines is 1. The van der Waals surface area contributed by atoms with E-state index in [9.17, 15) is 25.0 Å². The average molecular weight is 441 g/mol. The number of nitro benzene ring substituents is 1. The van der Waals surface area contributed by atoms with E-state index in [1.807, 2.05) is 26.0 Å². The van der Waals surface area contributed by atoms with E-state index in [2.05, 4.69) is 10.4 Å². The summed E-state index contributed by atoms with van der Waals surface area (Å²) < 4.78 is 11.7. The number of amides is 1. The maximum atomic E-state index is 12.4. The van der Waals surface area contributed by atoms with Crippen molar-refractivity contribution >= 4 is 23.0 Å². The van der Waals surface area contributed by atoms with E-state index >= 15 is 0 Å². The fourth-order valence-corrected chi connectivity index (χ4v) is 2.86. The van der Waals surface area contributed by atoms with Crippen LogP contribution in [0.15, 0.2) is 42.6 Å². The molecular weight excluding hydrogens is 422 g/mol. The van der Waals surface area contributed by atoms with Crippen molar-refractivity contribution in [3.8, 4) is 17.4 Å². The van der Waals surface area contributed by atoms with Crippen LogP contribution < -0.4 is 14.8 Å². The molecule has 2 aromatic carbocycles. The molecule has 0 radical (unpaired) electrons. The fraction of sp³-hybridized carbons (Fsp3) is 0.200. The van der Waals surface area contributed by atoms with Gasteiger partial charge in [0.05, 0.1) is 28.7 Å². The number of aryl methyl sites for hydroxylation is 2.